The topological polar surface area (TPSA) is 84.5 Å². The van der Waals surface area contributed by atoms with Crippen LogP contribution in [-0.2, 0) is 10.0 Å². The molecule has 0 unspecified atom stereocenters. The second kappa shape index (κ2) is 8.49. The van der Waals surface area contributed by atoms with Gasteiger partial charge in [-0.1, -0.05) is 18.2 Å². The number of nitrogens with one attached hydrogen (secondary N) is 2. The molecule has 0 atom stereocenters. The van der Waals surface area contributed by atoms with Gasteiger partial charge in [0.25, 0.3) is 15.9 Å². The summed E-state index contributed by atoms with van der Waals surface area (Å²) in [6.45, 7) is 7.51. The molecule has 30 heavy (non-hydrogen) atoms. The van der Waals surface area contributed by atoms with Crippen molar-refractivity contribution in [1.29, 1.82) is 0 Å². The Morgan fingerprint density at radius 2 is 1.70 bits per heavy atom. The average molecular weight is 445 g/mol. The van der Waals surface area contributed by atoms with E-state index in [0.717, 1.165) is 21.6 Å². The summed E-state index contributed by atoms with van der Waals surface area (Å²) in [7, 11) is -2.55. The van der Waals surface area contributed by atoms with Crippen LogP contribution in [0.5, 0.6) is 5.75 Å². The highest BCUT2D eigenvalue weighted by Gasteiger charge is 2.23. The molecule has 0 aliphatic heterocycles. The number of sulfonamides is 1. The number of aryl methyl sites for hydroxylation is 3. The van der Waals surface area contributed by atoms with Crippen LogP contribution in [0.15, 0.2) is 46.7 Å². The number of carbonyl (C=O) groups excluding carboxylic acids is 1. The highest BCUT2D eigenvalue weighted by Crippen LogP contribution is 2.31. The van der Waals surface area contributed by atoms with E-state index in [9.17, 15) is 13.2 Å². The number of para-hydroxylation sites is 1. The van der Waals surface area contributed by atoms with Gasteiger partial charge in [0.15, 0.2) is 0 Å². The molecule has 0 radical (unpaired) electrons. The molecule has 0 fully saturated rings. The van der Waals surface area contributed by atoms with Gasteiger partial charge >= 0.3 is 0 Å². The largest absolute Gasteiger partial charge is 0.495 e. The third kappa shape index (κ3) is 4.34. The Morgan fingerprint density at radius 1 is 1.03 bits per heavy atom. The highest BCUT2D eigenvalue weighted by atomic mass is 32.2. The lowest BCUT2D eigenvalue weighted by Gasteiger charge is -2.16. The van der Waals surface area contributed by atoms with Gasteiger partial charge in [-0.25, -0.2) is 8.42 Å². The third-order valence-corrected chi connectivity index (χ3v) is 7.34. The number of rotatable bonds is 6. The first-order chi connectivity index (χ1) is 14.1. The summed E-state index contributed by atoms with van der Waals surface area (Å²) in [5, 5.41) is 4.58. The van der Waals surface area contributed by atoms with Gasteiger partial charge in [0, 0.05) is 15.9 Å². The fourth-order valence-electron chi connectivity index (χ4n) is 3.07. The van der Waals surface area contributed by atoms with Crippen molar-refractivity contribution in [2.24, 2.45) is 0 Å². The van der Waals surface area contributed by atoms with E-state index in [2.05, 4.69) is 10.0 Å². The Labute approximate surface area is 181 Å². The monoisotopic (exact) mass is 444 g/mol. The number of hydrogen-bond donors (Lipinski definition) is 2. The van der Waals surface area contributed by atoms with Gasteiger partial charge in [-0.3, -0.25) is 9.52 Å². The van der Waals surface area contributed by atoms with Crippen LogP contribution >= 0.6 is 11.3 Å². The molecule has 0 saturated carbocycles. The van der Waals surface area contributed by atoms with E-state index in [4.69, 9.17) is 4.74 Å². The van der Waals surface area contributed by atoms with E-state index in [1.54, 1.807) is 11.4 Å². The Hall–Kier alpha value is -2.84. The van der Waals surface area contributed by atoms with Gasteiger partial charge in [-0.2, -0.15) is 0 Å². The van der Waals surface area contributed by atoms with Crippen LogP contribution in [0, 0.1) is 27.7 Å². The van der Waals surface area contributed by atoms with Crippen LogP contribution in [0.3, 0.4) is 0 Å². The van der Waals surface area contributed by atoms with E-state index in [-0.39, 0.29) is 16.6 Å². The molecule has 0 aliphatic rings. The molecule has 3 rings (SSSR count). The zero-order chi connectivity index (χ0) is 22.1. The molecular formula is C22H24N2O4S2. The fraction of sp³-hybridized carbons (Fsp3) is 0.227. The number of ether oxygens (including phenoxy) is 1. The smallest absolute Gasteiger partial charge is 0.265 e. The van der Waals surface area contributed by atoms with Gasteiger partial charge in [-0.15, -0.1) is 11.3 Å². The molecule has 0 bridgehead atoms. The Kier molecular flexibility index (Phi) is 6.19. The maximum absolute atomic E-state index is 13.1. The minimum absolute atomic E-state index is 0.0522. The molecule has 0 aliphatic carbocycles. The molecule has 1 heterocycles. The number of hydrogen-bond acceptors (Lipinski definition) is 5. The van der Waals surface area contributed by atoms with Crippen molar-refractivity contribution in [3.8, 4) is 5.75 Å². The van der Waals surface area contributed by atoms with Crippen molar-refractivity contribution in [1.82, 2.24) is 0 Å². The van der Waals surface area contributed by atoms with Crippen molar-refractivity contribution in [3.05, 3.63) is 68.9 Å². The molecule has 0 saturated heterocycles. The third-order valence-electron chi connectivity index (χ3n) is 4.96. The molecule has 1 amide bonds. The Balaban J connectivity index is 1.96. The quantitative estimate of drug-likeness (QED) is 0.558. The van der Waals surface area contributed by atoms with Gasteiger partial charge in [-0.05, 0) is 62.6 Å². The van der Waals surface area contributed by atoms with E-state index < -0.39 is 10.0 Å². The van der Waals surface area contributed by atoms with E-state index in [1.807, 2.05) is 45.9 Å². The van der Waals surface area contributed by atoms with Crippen molar-refractivity contribution in [2.45, 2.75) is 32.6 Å². The van der Waals surface area contributed by atoms with Crippen LogP contribution in [0.25, 0.3) is 0 Å². The number of anilines is 2. The zero-order valence-corrected chi connectivity index (χ0v) is 19.1. The predicted octanol–water partition coefficient (Wildman–Crippen LogP) is 5.04. The first kappa shape index (κ1) is 21.9. The molecule has 6 nitrogen and oxygen atoms in total. The molecule has 0 spiro atoms. The van der Waals surface area contributed by atoms with Crippen molar-refractivity contribution in [2.75, 3.05) is 17.1 Å². The van der Waals surface area contributed by atoms with Gasteiger partial charge in [0.1, 0.15) is 10.6 Å². The standard InChI is InChI=1S/C22H24N2O4S2/c1-13-7-6-8-14(2)21(13)24-30(26,27)20-11-17(9-10-19(20)28-5)23-22(25)18-12-29-16(4)15(18)3/h6-12,24H,1-5H3,(H,23,25). The molecule has 8 heteroatoms. The lowest BCUT2D eigenvalue weighted by Crippen LogP contribution is -2.17. The van der Waals surface area contributed by atoms with Crippen molar-refractivity contribution >= 4 is 38.6 Å². The molecule has 2 aromatic carbocycles. The van der Waals surface area contributed by atoms with Gasteiger partial charge < -0.3 is 10.1 Å². The summed E-state index contributed by atoms with van der Waals surface area (Å²) in [4.78, 5) is 13.7. The SMILES string of the molecule is COc1ccc(NC(=O)c2csc(C)c2C)cc1S(=O)(=O)Nc1c(C)cccc1C. The van der Waals surface area contributed by atoms with Gasteiger partial charge in [0.2, 0.25) is 0 Å². The molecular weight excluding hydrogens is 420 g/mol. The van der Waals surface area contributed by atoms with Crippen LogP contribution in [0.2, 0.25) is 0 Å². The number of benzene rings is 2. The average Bonchev–Trinajstić information content (AvgIpc) is 3.03. The summed E-state index contributed by atoms with van der Waals surface area (Å²) in [6, 6.07) is 10.1. The predicted molar refractivity (Wildman–Crippen MR) is 121 cm³/mol. The summed E-state index contributed by atoms with van der Waals surface area (Å²) in [5.41, 5.74) is 4.00. The lowest BCUT2D eigenvalue weighted by molar-refractivity contribution is 0.102. The minimum atomic E-state index is -3.95. The second-order valence-corrected chi connectivity index (χ2v) is 9.76. The molecule has 158 valence electrons. The van der Waals surface area contributed by atoms with Crippen LogP contribution in [-0.4, -0.2) is 21.4 Å². The van der Waals surface area contributed by atoms with Crippen LogP contribution in [0.4, 0.5) is 11.4 Å². The minimum Gasteiger partial charge on any atom is -0.495 e. The Bertz CT molecular complexity index is 1190. The first-order valence-electron chi connectivity index (χ1n) is 9.27. The summed E-state index contributed by atoms with van der Waals surface area (Å²) in [5.74, 6) is -0.0950. The number of carbonyl (C=O) groups is 1. The van der Waals surface area contributed by atoms with Crippen LogP contribution in [0.1, 0.15) is 31.9 Å². The fourth-order valence-corrected chi connectivity index (χ4v) is 5.33. The van der Waals surface area contributed by atoms with E-state index in [0.29, 0.717) is 16.9 Å². The van der Waals surface area contributed by atoms with Gasteiger partial charge in [0.05, 0.1) is 18.4 Å². The maximum Gasteiger partial charge on any atom is 0.265 e. The lowest BCUT2D eigenvalue weighted by atomic mass is 10.1. The normalized spacial score (nSPS) is 11.2. The summed E-state index contributed by atoms with van der Waals surface area (Å²) >= 11 is 1.50. The number of thiophene rings is 1. The molecule has 2 N–H and O–H groups in total. The highest BCUT2D eigenvalue weighted by molar-refractivity contribution is 7.92. The summed E-state index contributed by atoms with van der Waals surface area (Å²) < 4.78 is 34.2. The van der Waals surface area contributed by atoms with Crippen molar-refractivity contribution in [3.63, 3.8) is 0 Å². The first-order valence-corrected chi connectivity index (χ1v) is 11.6. The number of amides is 1. The zero-order valence-electron chi connectivity index (χ0n) is 17.5. The summed E-state index contributed by atoms with van der Waals surface area (Å²) in [6.07, 6.45) is 0. The number of methoxy groups -OCH3 is 1. The maximum atomic E-state index is 13.1. The van der Waals surface area contributed by atoms with E-state index in [1.165, 1.54) is 30.6 Å². The second-order valence-electron chi connectivity index (χ2n) is 7.02. The van der Waals surface area contributed by atoms with Crippen LogP contribution < -0.4 is 14.8 Å². The van der Waals surface area contributed by atoms with Crippen molar-refractivity contribution < 1.29 is 17.9 Å². The Morgan fingerprint density at radius 3 is 2.27 bits per heavy atom. The molecule has 3 aromatic rings. The van der Waals surface area contributed by atoms with E-state index >= 15 is 0 Å². The molecule has 1 aromatic heterocycles.